The molecule has 2 N–H and O–H groups in total. The van der Waals surface area contributed by atoms with Crippen LogP contribution in [0.25, 0.3) is 0 Å². The minimum atomic E-state index is -2.22. The summed E-state index contributed by atoms with van der Waals surface area (Å²) in [5.74, 6) is -11.1. The summed E-state index contributed by atoms with van der Waals surface area (Å²) >= 11 is 30.1. The fourth-order valence-electron chi connectivity index (χ4n) is 16.2. The topological polar surface area (TPSA) is 281 Å². The monoisotopic (exact) mass is 1410 g/mol. The quantitative estimate of drug-likeness (QED) is 0.0540. The van der Waals surface area contributed by atoms with Crippen LogP contribution in [0.1, 0.15) is 85.5 Å². The van der Waals surface area contributed by atoms with E-state index in [1.807, 2.05) is 0 Å². The molecule has 2 aromatic rings. The highest BCUT2D eigenvalue weighted by atomic mass is 35.5. The third-order valence-electron chi connectivity index (χ3n) is 20.2. The lowest BCUT2D eigenvalue weighted by Crippen LogP contribution is -2.68. The van der Waals surface area contributed by atoms with Crippen LogP contribution in [0.5, 0.6) is 0 Å². The van der Waals surface area contributed by atoms with Crippen LogP contribution in [0.2, 0.25) is 0 Å². The van der Waals surface area contributed by atoms with E-state index < -0.39 is 181 Å². The molecule has 4 aliphatic carbocycles. The summed E-state index contributed by atoms with van der Waals surface area (Å²) in [5, 5.41) is 4.41. The molecule has 30 heteroatoms. The number of rotatable bonds is 20. The van der Waals surface area contributed by atoms with Gasteiger partial charge in [0.1, 0.15) is 78.3 Å². The molecule has 22 atom stereocenters. The third-order valence-corrected chi connectivity index (χ3v) is 21.3. The molecule has 10 rings (SSSR count). The number of carbonyl (C=O) groups is 8. The minimum Gasteiger partial charge on any atom is -0.462 e. The molecule has 2 unspecified atom stereocenters. The van der Waals surface area contributed by atoms with Gasteiger partial charge in [-0.05, 0) is 110 Å². The largest absolute Gasteiger partial charge is 0.462 e. The van der Waals surface area contributed by atoms with Crippen molar-refractivity contribution in [1.82, 2.24) is 0 Å². The molecule has 23 nitrogen and oxygen atoms in total. The molecule has 0 aromatic heterocycles. The predicted molar refractivity (Wildman–Crippen MR) is 325 cm³/mol. The molecule has 2 amide bonds. The normalized spacial score (nSPS) is 37.5. The number of benzene rings is 2. The fourth-order valence-corrected chi connectivity index (χ4v) is 16.6. The van der Waals surface area contributed by atoms with Crippen molar-refractivity contribution in [2.24, 2.45) is 52.3 Å². The van der Waals surface area contributed by atoms with Crippen molar-refractivity contribution in [3.63, 3.8) is 0 Å². The molecular formula is C63H75Cl5F2N2O21. The molecule has 93 heavy (non-hydrogen) atoms. The van der Waals surface area contributed by atoms with E-state index in [4.69, 9.17) is 120 Å². The van der Waals surface area contributed by atoms with Crippen LogP contribution < -0.4 is 10.6 Å². The lowest BCUT2D eigenvalue weighted by atomic mass is 9.44. The average Bonchev–Trinajstić information content (AvgIpc) is 1.58. The molecule has 2 aromatic carbocycles. The first kappa shape index (κ1) is 70.9. The van der Waals surface area contributed by atoms with Gasteiger partial charge in [-0.1, -0.05) is 52.0 Å². The van der Waals surface area contributed by atoms with E-state index in [-0.39, 0.29) is 58.5 Å². The number of esters is 5. The van der Waals surface area contributed by atoms with Gasteiger partial charge in [0.05, 0.1) is 30.2 Å². The number of alkyl halides is 5. The number of fused-ring (bicyclic) bond motifs is 7. The number of hydrogen-bond donors (Lipinski definition) is 2. The summed E-state index contributed by atoms with van der Waals surface area (Å²) in [6.45, 7) is 7.74. The molecule has 4 saturated heterocycles. The van der Waals surface area contributed by atoms with Crippen molar-refractivity contribution >= 4 is 117 Å². The Bertz CT molecular complexity index is 3080. The van der Waals surface area contributed by atoms with Crippen LogP contribution in [0.15, 0.2) is 48.5 Å². The van der Waals surface area contributed by atoms with Gasteiger partial charge >= 0.3 is 42.0 Å². The first-order valence-corrected chi connectivity index (χ1v) is 33.7. The molecule has 8 fully saturated rings. The number of para-hydroxylation sites is 2. The van der Waals surface area contributed by atoms with Crippen molar-refractivity contribution in [1.29, 1.82) is 0 Å². The van der Waals surface area contributed by atoms with E-state index in [0.717, 1.165) is 44.2 Å². The van der Waals surface area contributed by atoms with Crippen LogP contribution in [0.3, 0.4) is 0 Å². The number of ketones is 1. The minimum absolute atomic E-state index is 0.0182. The van der Waals surface area contributed by atoms with E-state index in [2.05, 4.69) is 38.3 Å². The molecular weight excluding hydrogens is 1340 g/mol. The zero-order valence-electron chi connectivity index (χ0n) is 51.3. The van der Waals surface area contributed by atoms with Crippen LogP contribution in [-0.4, -0.2) is 176 Å². The molecule has 4 aliphatic heterocycles. The summed E-state index contributed by atoms with van der Waals surface area (Å²) in [7, 11) is 0. The predicted octanol–water partition coefficient (Wildman–Crippen LogP) is 9.36. The van der Waals surface area contributed by atoms with Crippen molar-refractivity contribution < 1.29 is 109 Å². The number of ether oxygens (including phenoxy) is 13. The Labute approximate surface area is 560 Å². The van der Waals surface area contributed by atoms with E-state index in [9.17, 15) is 42.3 Å². The van der Waals surface area contributed by atoms with Crippen molar-refractivity contribution in [3.05, 3.63) is 60.2 Å². The van der Waals surface area contributed by atoms with Gasteiger partial charge < -0.3 is 61.6 Å². The molecule has 1 spiro atoms. The second-order valence-electron chi connectivity index (χ2n) is 25.7. The van der Waals surface area contributed by atoms with E-state index >= 15 is 4.79 Å². The van der Waals surface area contributed by atoms with Gasteiger partial charge in [-0.2, -0.15) is 0 Å². The lowest BCUT2D eigenvalue weighted by Gasteiger charge is -2.60. The SMILES string of the molecule is C[C@@H]1CC[C@@]2(OC1)OC1C[C@H]3[C@@H]4CC[C@H]5C[C@@H](O[C@@H]6O[C@H](COC(=O)CCl)[C@@H](O[C@@H]7O[C@H](COC(=O)Nc8ccccc8F)[C@@H](OC(=O)Nc8ccccc8F)[C@H](OC(=O)CCl)[C@H]7OC(=O)CCl)[C@H](OC(=O)CCl)[C@H]6OC(=O)CCl)CC[C@]5(C)[C@H]4C(=O)C[C@]3(C)C1[C@@H]2C. The van der Waals surface area contributed by atoms with Crippen LogP contribution in [0.4, 0.5) is 29.7 Å². The van der Waals surface area contributed by atoms with Crippen molar-refractivity contribution in [2.75, 3.05) is 59.9 Å². The lowest BCUT2D eigenvalue weighted by molar-refractivity contribution is -0.364. The molecule has 0 bridgehead atoms. The Morgan fingerprint density at radius 2 is 1.13 bits per heavy atom. The highest BCUT2D eigenvalue weighted by Crippen LogP contribution is 2.71. The smallest absolute Gasteiger partial charge is 0.412 e. The van der Waals surface area contributed by atoms with E-state index in [0.29, 0.717) is 38.2 Å². The number of amides is 2. The van der Waals surface area contributed by atoms with Gasteiger partial charge in [0.2, 0.25) is 0 Å². The van der Waals surface area contributed by atoms with Crippen molar-refractivity contribution in [3.8, 4) is 0 Å². The maximum atomic E-state index is 15.0. The van der Waals surface area contributed by atoms with Crippen molar-refractivity contribution in [2.45, 2.75) is 165 Å². The first-order valence-electron chi connectivity index (χ1n) is 31.1. The fraction of sp³-hybridized carbons (Fsp3) is 0.683. The Morgan fingerprint density at radius 3 is 1.70 bits per heavy atom. The highest BCUT2D eigenvalue weighted by molar-refractivity contribution is 6.27. The van der Waals surface area contributed by atoms with Gasteiger partial charge in [0.15, 0.2) is 48.9 Å². The molecule has 4 saturated carbocycles. The summed E-state index contributed by atoms with van der Waals surface area (Å²) in [4.78, 5) is 109. The Balaban J connectivity index is 0.951. The van der Waals surface area contributed by atoms with Gasteiger partial charge in [0, 0.05) is 24.7 Å². The third kappa shape index (κ3) is 15.1. The van der Waals surface area contributed by atoms with Crippen LogP contribution >= 0.6 is 58.0 Å². The zero-order valence-corrected chi connectivity index (χ0v) is 55.1. The number of carbonyl (C=O) groups excluding carboxylic acids is 8. The summed E-state index contributed by atoms with van der Waals surface area (Å²) in [6, 6.07) is 9.94. The Morgan fingerprint density at radius 1 is 0.591 bits per heavy atom. The number of anilines is 2. The van der Waals surface area contributed by atoms with Gasteiger partial charge in [-0.3, -0.25) is 39.4 Å². The number of hydrogen-bond acceptors (Lipinski definition) is 21. The van der Waals surface area contributed by atoms with Gasteiger partial charge in [-0.15, -0.1) is 58.0 Å². The number of halogens is 7. The van der Waals surface area contributed by atoms with Gasteiger partial charge in [0.25, 0.3) is 0 Å². The van der Waals surface area contributed by atoms with E-state index in [1.165, 1.54) is 36.4 Å². The summed E-state index contributed by atoms with van der Waals surface area (Å²) in [6.07, 6.45) is -17.1. The zero-order chi connectivity index (χ0) is 66.7. The summed E-state index contributed by atoms with van der Waals surface area (Å²) < 4.78 is 110. The maximum Gasteiger partial charge on any atom is 0.412 e. The maximum absolute atomic E-state index is 15.0. The molecule has 0 radical (unpaired) electrons. The average molecular weight is 1410 g/mol. The van der Waals surface area contributed by atoms with E-state index in [1.54, 1.807) is 0 Å². The summed E-state index contributed by atoms with van der Waals surface area (Å²) in [5.41, 5.74) is -1.44. The number of nitrogens with one attached hydrogen (secondary N) is 2. The second kappa shape index (κ2) is 30.2. The second-order valence-corrected chi connectivity index (χ2v) is 27.1. The van der Waals surface area contributed by atoms with Gasteiger partial charge in [-0.25, -0.2) is 18.4 Å². The Kier molecular flexibility index (Phi) is 23.0. The highest BCUT2D eigenvalue weighted by Gasteiger charge is 2.71. The number of Topliss-reactive ketones (excluding diaryl/α,β-unsaturated/α-hetero) is 1. The molecule has 4 heterocycles. The molecule has 8 aliphatic rings. The first-order chi connectivity index (χ1) is 44.5. The standard InChI is InChI=1S/C63H75Cl5F2N2O21/c1-30-15-18-63(83-27-30)31(2)49-41(93-63)20-35-34-14-13-32-19-33(16-17-61(32,3)50(34)40(73)21-62(35,49)4)84-57-55(89-47(77)25-67)53(87-45(75)23-65)51(42(85-57)28-81-44(74)22-64)91-58-56(90-48(78)26-68)54(88-46(76)24-66)52(92-60(80)72-39-12-8-6-10-37(39)70)43(86-58)29-82-59(79)71-38-11-7-5-9-36(38)69/h5-12,30-35,41-43,49-58H,13-29H2,1-4H3,(H,71,79)(H,72,80)/t30-,31+,32+,33+,34+,35+,41?,42-,43-,49?,50-,51-,52-,53+,54+,55-,56-,57-,58+,61+,62+,63-/m1/s1. The molecule has 512 valence electrons. The van der Waals surface area contributed by atoms with Crippen LogP contribution in [0, 0.1) is 63.9 Å². The van der Waals surface area contributed by atoms with Crippen LogP contribution in [-0.2, 0) is 90.3 Å². The Hall–Kier alpha value is -4.93.